The molecule has 1 aliphatic heterocycles. The van der Waals surface area contributed by atoms with Gasteiger partial charge in [0.05, 0.1) is 12.6 Å². The molecule has 10 nitrogen and oxygen atoms in total. The first kappa shape index (κ1) is 41.1. The van der Waals surface area contributed by atoms with Crippen molar-refractivity contribution in [2.75, 3.05) is 19.9 Å². The number of hydrogen-bond donors (Lipinski definition) is 2. The van der Waals surface area contributed by atoms with Crippen molar-refractivity contribution < 1.29 is 38.0 Å². The van der Waals surface area contributed by atoms with Gasteiger partial charge in [0.1, 0.15) is 48.8 Å². The third-order valence-corrected chi connectivity index (χ3v) is 8.86. The van der Waals surface area contributed by atoms with E-state index in [1.807, 2.05) is 140 Å². The molecule has 1 saturated heterocycles. The SMILES string of the molecule is CC(C)(C)Oc1ccc(CC(NC(=O)OCc2ccccc2)c2cc(C(C)(C)CNC(=O)OCc3ccccc3)cc(C3COCO3)c2OC(C)(C)C)cc1. The number of carbonyl (C=O) groups is 2. The minimum Gasteiger partial charge on any atom is -0.488 e. The van der Waals surface area contributed by atoms with Crippen LogP contribution in [0.2, 0.25) is 0 Å². The molecule has 1 heterocycles. The molecule has 0 radical (unpaired) electrons. The van der Waals surface area contributed by atoms with Crippen molar-refractivity contribution in [2.45, 2.75) is 104 Å². The Morgan fingerprint density at radius 2 is 1.31 bits per heavy atom. The number of rotatable bonds is 14. The molecule has 0 aromatic heterocycles. The number of alkyl carbamates (subject to hydrolysis) is 2. The molecule has 0 bridgehead atoms. The van der Waals surface area contributed by atoms with Crippen LogP contribution in [0.5, 0.6) is 11.5 Å². The van der Waals surface area contributed by atoms with Crippen LogP contribution in [0, 0.1) is 0 Å². The smallest absolute Gasteiger partial charge is 0.407 e. The van der Waals surface area contributed by atoms with E-state index in [1.54, 1.807) is 0 Å². The molecule has 0 saturated carbocycles. The van der Waals surface area contributed by atoms with E-state index in [9.17, 15) is 9.59 Å². The molecule has 2 atom stereocenters. The van der Waals surface area contributed by atoms with Gasteiger partial charge in [-0.3, -0.25) is 0 Å². The molecule has 5 rings (SSSR count). The van der Waals surface area contributed by atoms with Gasteiger partial charge in [-0.1, -0.05) is 86.6 Å². The molecule has 4 aromatic carbocycles. The Hall–Kier alpha value is -5.06. The monoisotopic (exact) mass is 752 g/mol. The second-order valence-electron chi connectivity index (χ2n) is 16.5. The van der Waals surface area contributed by atoms with E-state index in [4.69, 9.17) is 28.4 Å². The van der Waals surface area contributed by atoms with E-state index >= 15 is 0 Å². The van der Waals surface area contributed by atoms with Crippen LogP contribution in [0.25, 0.3) is 0 Å². The third-order valence-electron chi connectivity index (χ3n) is 8.86. The molecule has 2 amide bonds. The van der Waals surface area contributed by atoms with Crippen LogP contribution in [-0.2, 0) is 44.0 Å². The van der Waals surface area contributed by atoms with Crippen molar-refractivity contribution in [3.8, 4) is 11.5 Å². The lowest BCUT2D eigenvalue weighted by atomic mass is 9.80. The summed E-state index contributed by atoms with van der Waals surface area (Å²) in [6.07, 6.45) is -1.10. The summed E-state index contributed by atoms with van der Waals surface area (Å²) in [5.41, 5.74) is 3.62. The Kier molecular flexibility index (Phi) is 13.5. The van der Waals surface area contributed by atoms with Gasteiger partial charge in [0.15, 0.2) is 0 Å². The van der Waals surface area contributed by atoms with Crippen molar-refractivity contribution in [1.29, 1.82) is 0 Å². The van der Waals surface area contributed by atoms with Crippen molar-refractivity contribution in [3.63, 3.8) is 0 Å². The van der Waals surface area contributed by atoms with Gasteiger partial charge in [0.25, 0.3) is 0 Å². The van der Waals surface area contributed by atoms with E-state index in [2.05, 4.69) is 22.8 Å². The van der Waals surface area contributed by atoms with Crippen LogP contribution in [0.15, 0.2) is 97.1 Å². The van der Waals surface area contributed by atoms with Crippen LogP contribution in [0.3, 0.4) is 0 Å². The molecule has 4 aromatic rings. The van der Waals surface area contributed by atoms with Gasteiger partial charge in [-0.2, -0.15) is 0 Å². The molecule has 0 spiro atoms. The predicted octanol–water partition coefficient (Wildman–Crippen LogP) is 9.50. The molecule has 2 unspecified atom stereocenters. The summed E-state index contributed by atoms with van der Waals surface area (Å²) in [6, 6.07) is 30.5. The van der Waals surface area contributed by atoms with E-state index in [-0.39, 0.29) is 32.2 Å². The standard InChI is InChI=1S/C45H56N2O8/c1-43(2,3)54-35-21-19-31(20-22-35)23-38(47-42(49)52-27-33-17-13-10-14-18-33)36-24-34(25-37(39-28-50-30-53-39)40(36)55-44(4,5)6)45(7,8)29-46-41(48)51-26-32-15-11-9-12-16-32/h9-22,24-25,38-39H,23,26-30H2,1-8H3,(H,46,48)(H,47,49). The Bertz CT molecular complexity index is 1840. The minimum atomic E-state index is -0.603. The number of carbonyl (C=O) groups excluding carboxylic acids is 2. The van der Waals surface area contributed by atoms with Gasteiger partial charge in [0, 0.05) is 23.1 Å². The van der Waals surface area contributed by atoms with Crippen LogP contribution < -0.4 is 20.1 Å². The van der Waals surface area contributed by atoms with Gasteiger partial charge in [-0.25, -0.2) is 9.59 Å². The van der Waals surface area contributed by atoms with Gasteiger partial charge >= 0.3 is 12.2 Å². The van der Waals surface area contributed by atoms with Crippen LogP contribution in [0.1, 0.15) is 101 Å². The summed E-state index contributed by atoms with van der Waals surface area (Å²) < 4.78 is 35.9. The van der Waals surface area contributed by atoms with Gasteiger partial charge < -0.3 is 39.1 Å². The minimum absolute atomic E-state index is 0.112. The second kappa shape index (κ2) is 18.0. The third kappa shape index (κ3) is 12.8. The Labute approximate surface area is 325 Å². The van der Waals surface area contributed by atoms with Crippen LogP contribution >= 0.6 is 0 Å². The zero-order valence-corrected chi connectivity index (χ0v) is 33.4. The first-order chi connectivity index (χ1) is 26.0. The largest absolute Gasteiger partial charge is 0.488 e. The van der Waals surface area contributed by atoms with Crippen molar-refractivity contribution in [3.05, 3.63) is 130 Å². The summed E-state index contributed by atoms with van der Waals surface area (Å²) in [4.78, 5) is 26.5. The Morgan fingerprint density at radius 1 is 0.727 bits per heavy atom. The normalized spacial score (nSPS) is 15.2. The summed E-state index contributed by atoms with van der Waals surface area (Å²) >= 11 is 0. The number of benzene rings is 4. The van der Waals surface area contributed by atoms with E-state index < -0.39 is 35.3 Å². The highest BCUT2D eigenvalue weighted by Crippen LogP contribution is 2.42. The fourth-order valence-corrected chi connectivity index (χ4v) is 6.10. The molecule has 0 aliphatic carbocycles. The maximum absolute atomic E-state index is 13.7. The highest BCUT2D eigenvalue weighted by molar-refractivity contribution is 5.69. The van der Waals surface area contributed by atoms with Gasteiger partial charge in [-0.15, -0.1) is 0 Å². The van der Waals surface area contributed by atoms with Crippen molar-refractivity contribution >= 4 is 12.2 Å². The maximum Gasteiger partial charge on any atom is 0.407 e. The second-order valence-corrected chi connectivity index (χ2v) is 16.5. The first-order valence-electron chi connectivity index (χ1n) is 18.8. The first-order valence-corrected chi connectivity index (χ1v) is 18.8. The zero-order chi connectivity index (χ0) is 39.6. The number of amides is 2. The zero-order valence-electron chi connectivity index (χ0n) is 33.4. The van der Waals surface area contributed by atoms with Crippen molar-refractivity contribution in [1.82, 2.24) is 10.6 Å². The Morgan fingerprint density at radius 3 is 1.85 bits per heavy atom. The number of ether oxygens (including phenoxy) is 6. The quantitative estimate of drug-likeness (QED) is 0.131. The molecule has 10 heteroatoms. The number of hydrogen-bond acceptors (Lipinski definition) is 8. The average Bonchev–Trinajstić information content (AvgIpc) is 3.68. The van der Waals surface area contributed by atoms with Crippen LogP contribution in [-0.4, -0.2) is 43.3 Å². The lowest BCUT2D eigenvalue weighted by Gasteiger charge is -2.33. The van der Waals surface area contributed by atoms with Gasteiger partial charge in [-0.05, 0) is 94.5 Å². The van der Waals surface area contributed by atoms with Crippen LogP contribution in [0.4, 0.5) is 9.59 Å². The van der Waals surface area contributed by atoms with E-state index in [0.717, 1.165) is 39.1 Å². The molecule has 1 aliphatic rings. The highest BCUT2D eigenvalue weighted by atomic mass is 16.7. The molecule has 294 valence electrons. The maximum atomic E-state index is 13.7. The average molecular weight is 753 g/mol. The molecular weight excluding hydrogens is 697 g/mol. The fourth-order valence-electron chi connectivity index (χ4n) is 6.10. The highest BCUT2D eigenvalue weighted by Gasteiger charge is 2.34. The van der Waals surface area contributed by atoms with E-state index in [1.165, 1.54) is 0 Å². The fraction of sp³-hybridized carbons (Fsp3) is 0.422. The molecular formula is C45H56N2O8. The molecule has 55 heavy (non-hydrogen) atoms. The lowest BCUT2D eigenvalue weighted by Crippen LogP contribution is -2.38. The summed E-state index contributed by atoms with van der Waals surface area (Å²) in [5.74, 6) is 1.35. The topological polar surface area (TPSA) is 114 Å². The van der Waals surface area contributed by atoms with Gasteiger partial charge in [0.2, 0.25) is 0 Å². The van der Waals surface area contributed by atoms with Crippen molar-refractivity contribution in [2.24, 2.45) is 0 Å². The summed E-state index contributed by atoms with van der Waals surface area (Å²) in [5, 5.41) is 6.13. The lowest BCUT2D eigenvalue weighted by molar-refractivity contribution is 0.0442. The van der Waals surface area contributed by atoms with E-state index in [0.29, 0.717) is 18.8 Å². The predicted molar refractivity (Wildman–Crippen MR) is 212 cm³/mol. The number of nitrogens with one attached hydrogen (secondary N) is 2. The molecule has 2 N–H and O–H groups in total. The molecule has 1 fully saturated rings. The summed E-state index contributed by atoms with van der Waals surface area (Å²) in [7, 11) is 0. The Balaban J connectivity index is 1.52. The summed E-state index contributed by atoms with van der Waals surface area (Å²) in [6.45, 7) is 17.1.